The molecular formula is C21H19N3O4. The molecule has 7 nitrogen and oxygen atoms in total. The van der Waals surface area contributed by atoms with E-state index in [4.69, 9.17) is 4.74 Å². The van der Waals surface area contributed by atoms with E-state index in [1.165, 1.54) is 19.3 Å². The van der Waals surface area contributed by atoms with Crippen molar-refractivity contribution in [2.75, 3.05) is 12.1 Å². The van der Waals surface area contributed by atoms with Crippen molar-refractivity contribution in [1.29, 1.82) is 0 Å². The zero-order valence-electron chi connectivity index (χ0n) is 15.4. The van der Waals surface area contributed by atoms with Crippen molar-refractivity contribution in [3.05, 3.63) is 83.7 Å². The van der Waals surface area contributed by atoms with Crippen LogP contribution in [0.5, 0.6) is 11.5 Å². The third kappa shape index (κ3) is 4.33. The number of anilines is 1. The van der Waals surface area contributed by atoms with Gasteiger partial charge in [-0.3, -0.25) is 19.8 Å². The van der Waals surface area contributed by atoms with Crippen molar-refractivity contribution in [2.24, 2.45) is 0 Å². The smallest absolute Gasteiger partial charge is 0.281 e. The van der Waals surface area contributed by atoms with Gasteiger partial charge in [-0.15, -0.1) is 0 Å². The SMILES string of the molecule is CNC(=O)c1cc(Oc2ccc(C(=O)N(O)c3ccc(C)cc3)cc2)ccn1. The van der Waals surface area contributed by atoms with Crippen molar-refractivity contribution < 1.29 is 19.5 Å². The van der Waals surface area contributed by atoms with E-state index < -0.39 is 5.91 Å². The van der Waals surface area contributed by atoms with Gasteiger partial charge in [0.05, 0.1) is 5.69 Å². The second kappa shape index (κ2) is 8.32. The van der Waals surface area contributed by atoms with Crippen LogP contribution in [0.25, 0.3) is 0 Å². The molecule has 1 aromatic heterocycles. The molecule has 7 heteroatoms. The Kier molecular flexibility index (Phi) is 5.67. The lowest BCUT2D eigenvalue weighted by molar-refractivity contribution is 0.0854. The summed E-state index contributed by atoms with van der Waals surface area (Å²) in [5, 5.41) is 13.3. The molecule has 0 fully saturated rings. The predicted octanol–water partition coefficient (Wildman–Crippen LogP) is 3.58. The zero-order chi connectivity index (χ0) is 20.1. The maximum Gasteiger partial charge on any atom is 0.281 e. The van der Waals surface area contributed by atoms with Crippen molar-refractivity contribution >= 4 is 17.5 Å². The van der Waals surface area contributed by atoms with E-state index in [2.05, 4.69) is 10.3 Å². The van der Waals surface area contributed by atoms with E-state index in [1.54, 1.807) is 42.5 Å². The summed E-state index contributed by atoms with van der Waals surface area (Å²) in [4.78, 5) is 28.0. The van der Waals surface area contributed by atoms with Gasteiger partial charge in [-0.25, -0.2) is 0 Å². The van der Waals surface area contributed by atoms with Crippen molar-refractivity contribution in [2.45, 2.75) is 6.92 Å². The molecule has 0 aliphatic heterocycles. The number of pyridine rings is 1. The molecule has 1 heterocycles. The van der Waals surface area contributed by atoms with Crippen LogP contribution in [0.15, 0.2) is 66.9 Å². The van der Waals surface area contributed by atoms with Gasteiger partial charge in [-0.2, -0.15) is 5.06 Å². The summed E-state index contributed by atoms with van der Waals surface area (Å²) >= 11 is 0. The van der Waals surface area contributed by atoms with Gasteiger partial charge in [0, 0.05) is 24.9 Å². The Morgan fingerprint density at radius 1 is 1.00 bits per heavy atom. The molecule has 28 heavy (non-hydrogen) atoms. The monoisotopic (exact) mass is 377 g/mol. The number of carbonyl (C=O) groups is 2. The van der Waals surface area contributed by atoms with Gasteiger partial charge in [0.15, 0.2) is 0 Å². The molecule has 0 aliphatic carbocycles. The third-order valence-corrected chi connectivity index (χ3v) is 4.00. The second-order valence-electron chi connectivity index (χ2n) is 6.03. The normalized spacial score (nSPS) is 10.2. The molecule has 0 saturated heterocycles. The fourth-order valence-corrected chi connectivity index (χ4v) is 2.45. The molecule has 3 aromatic rings. The fourth-order valence-electron chi connectivity index (χ4n) is 2.45. The number of aryl methyl sites for hydroxylation is 1. The molecule has 2 aromatic carbocycles. The Morgan fingerprint density at radius 2 is 1.68 bits per heavy atom. The molecule has 0 saturated carbocycles. The Hall–Kier alpha value is -3.71. The van der Waals surface area contributed by atoms with Gasteiger partial charge in [0.25, 0.3) is 11.8 Å². The van der Waals surface area contributed by atoms with Gasteiger partial charge in [0.1, 0.15) is 17.2 Å². The fraction of sp³-hybridized carbons (Fsp3) is 0.0952. The quantitative estimate of drug-likeness (QED) is 0.524. The Labute approximate surface area is 162 Å². The van der Waals surface area contributed by atoms with Gasteiger partial charge >= 0.3 is 0 Å². The highest BCUT2D eigenvalue weighted by Gasteiger charge is 2.16. The van der Waals surface area contributed by atoms with Crippen molar-refractivity contribution in [3.8, 4) is 11.5 Å². The van der Waals surface area contributed by atoms with Crippen molar-refractivity contribution in [1.82, 2.24) is 10.3 Å². The first-order valence-corrected chi connectivity index (χ1v) is 8.54. The summed E-state index contributed by atoms with van der Waals surface area (Å²) in [5.41, 5.74) is 1.95. The van der Waals surface area contributed by atoms with E-state index in [0.717, 1.165) is 5.56 Å². The number of hydrogen-bond acceptors (Lipinski definition) is 5. The topological polar surface area (TPSA) is 91.8 Å². The number of hydrogen-bond donors (Lipinski definition) is 2. The number of benzene rings is 2. The van der Waals surface area contributed by atoms with E-state index in [-0.39, 0.29) is 11.6 Å². The molecule has 0 atom stereocenters. The standard InChI is InChI=1S/C21H19N3O4/c1-14-3-7-16(8-4-14)24(27)21(26)15-5-9-17(10-6-15)28-18-11-12-23-19(13-18)20(25)22-2/h3-13,27H,1-2H3,(H,22,25). The van der Waals surface area contributed by atoms with E-state index in [0.29, 0.717) is 27.8 Å². The number of nitrogens with one attached hydrogen (secondary N) is 1. The highest BCUT2D eigenvalue weighted by atomic mass is 16.5. The van der Waals surface area contributed by atoms with Crippen LogP contribution in [0.3, 0.4) is 0 Å². The number of nitrogens with zero attached hydrogens (tertiary/aromatic N) is 2. The highest BCUT2D eigenvalue weighted by molar-refractivity contribution is 6.04. The molecule has 2 N–H and O–H groups in total. The lowest BCUT2D eigenvalue weighted by atomic mass is 10.2. The maximum absolute atomic E-state index is 12.4. The average Bonchev–Trinajstić information content (AvgIpc) is 2.73. The Bertz CT molecular complexity index is 985. The second-order valence-corrected chi connectivity index (χ2v) is 6.03. The molecule has 0 unspecified atom stereocenters. The third-order valence-electron chi connectivity index (χ3n) is 4.00. The van der Waals surface area contributed by atoms with E-state index >= 15 is 0 Å². The van der Waals surface area contributed by atoms with Crippen LogP contribution in [0.2, 0.25) is 0 Å². The van der Waals surface area contributed by atoms with Gasteiger partial charge < -0.3 is 10.1 Å². The Morgan fingerprint density at radius 3 is 2.32 bits per heavy atom. The van der Waals surface area contributed by atoms with Gasteiger partial charge in [-0.1, -0.05) is 17.7 Å². The first-order valence-electron chi connectivity index (χ1n) is 8.54. The van der Waals surface area contributed by atoms with Crippen LogP contribution in [0.1, 0.15) is 26.4 Å². The summed E-state index contributed by atoms with van der Waals surface area (Å²) in [6.45, 7) is 1.92. The lowest BCUT2D eigenvalue weighted by Gasteiger charge is -2.15. The van der Waals surface area contributed by atoms with Crippen LogP contribution in [-0.2, 0) is 0 Å². The average molecular weight is 377 g/mol. The number of hydroxylamine groups is 1. The predicted molar refractivity (Wildman–Crippen MR) is 104 cm³/mol. The molecule has 0 aliphatic rings. The van der Waals surface area contributed by atoms with Crippen LogP contribution in [0.4, 0.5) is 5.69 Å². The maximum atomic E-state index is 12.4. The minimum atomic E-state index is -0.554. The summed E-state index contributed by atoms with van der Waals surface area (Å²) in [6, 6.07) is 16.4. The first-order chi connectivity index (χ1) is 13.5. The number of aromatic nitrogens is 1. The number of amides is 2. The number of carbonyl (C=O) groups excluding carboxylic acids is 2. The zero-order valence-corrected chi connectivity index (χ0v) is 15.4. The molecule has 142 valence electrons. The van der Waals surface area contributed by atoms with Crippen LogP contribution in [-0.4, -0.2) is 29.1 Å². The van der Waals surface area contributed by atoms with E-state index in [9.17, 15) is 14.8 Å². The first kappa shape index (κ1) is 19.1. The summed E-state index contributed by atoms with van der Waals surface area (Å²) < 4.78 is 5.70. The van der Waals surface area contributed by atoms with Gasteiger partial charge in [0.2, 0.25) is 0 Å². The lowest BCUT2D eigenvalue weighted by Crippen LogP contribution is -2.26. The minimum Gasteiger partial charge on any atom is -0.457 e. The van der Waals surface area contributed by atoms with Gasteiger partial charge in [-0.05, 0) is 49.4 Å². The number of ether oxygens (including phenoxy) is 1. The van der Waals surface area contributed by atoms with Crippen molar-refractivity contribution in [3.63, 3.8) is 0 Å². The highest BCUT2D eigenvalue weighted by Crippen LogP contribution is 2.23. The summed E-state index contributed by atoms with van der Waals surface area (Å²) in [7, 11) is 1.52. The van der Waals surface area contributed by atoms with E-state index in [1.807, 2.05) is 19.1 Å². The largest absolute Gasteiger partial charge is 0.457 e. The Balaban J connectivity index is 1.72. The molecule has 0 spiro atoms. The number of rotatable bonds is 5. The van der Waals surface area contributed by atoms with Crippen LogP contribution < -0.4 is 15.1 Å². The summed E-state index contributed by atoms with van der Waals surface area (Å²) in [5.74, 6) is 0.0494. The molecular weight excluding hydrogens is 358 g/mol. The molecule has 3 rings (SSSR count). The van der Waals surface area contributed by atoms with Crippen LogP contribution >= 0.6 is 0 Å². The molecule has 0 radical (unpaired) electrons. The molecule has 2 amide bonds. The minimum absolute atomic E-state index is 0.237. The molecule has 0 bridgehead atoms. The summed E-state index contributed by atoms with van der Waals surface area (Å²) in [6.07, 6.45) is 1.48. The van der Waals surface area contributed by atoms with Crippen LogP contribution in [0, 0.1) is 6.92 Å².